The molecule has 21 heavy (non-hydrogen) atoms. The summed E-state index contributed by atoms with van der Waals surface area (Å²) in [5, 5.41) is 20.0. The Morgan fingerprint density at radius 1 is 1.52 bits per heavy atom. The molecule has 0 spiro atoms. The van der Waals surface area contributed by atoms with Gasteiger partial charge in [0.2, 0.25) is 5.95 Å². The van der Waals surface area contributed by atoms with Gasteiger partial charge in [-0.15, -0.1) is 12.3 Å². The number of fused-ring (bicyclic) bond motifs is 1. The van der Waals surface area contributed by atoms with Gasteiger partial charge in [0, 0.05) is 6.42 Å². The third-order valence-corrected chi connectivity index (χ3v) is 3.38. The fraction of sp³-hybridized carbons (Fsp3) is 0.417. The summed E-state index contributed by atoms with van der Waals surface area (Å²) in [6, 6.07) is 0. The summed E-state index contributed by atoms with van der Waals surface area (Å²) in [6.07, 6.45) is 2.64. The molecule has 1 saturated heterocycles. The van der Waals surface area contributed by atoms with Crippen LogP contribution in [0.2, 0.25) is 0 Å². The summed E-state index contributed by atoms with van der Waals surface area (Å²) < 4.78 is 6.90. The summed E-state index contributed by atoms with van der Waals surface area (Å²) in [4.78, 5) is 21.9. The molecule has 110 valence electrons. The topological polar surface area (TPSA) is 139 Å². The van der Waals surface area contributed by atoms with Gasteiger partial charge in [0.1, 0.15) is 12.2 Å². The van der Waals surface area contributed by atoms with Crippen molar-refractivity contribution in [2.24, 2.45) is 0 Å². The number of rotatable bonds is 2. The quantitative estimate of drug-likeness (QED) is 0.486. The Morgan fingerprint density at radius 2 is 2.29 bits per heavy atom. The van der Waals surface area contributed by atoms with Crippen LogP contribution in [0.5, 0.6) is 0 Å². The van der Waals surface area contributed by atoms with Gasteiger partial charge in [-0.25, -0.2) is 4.98 Å². The molecule has 0 aliphatic carbocycles. The van der Waals surface area contributed by atoms with Crippen molar-refractivity contribution in [3.05, 3.63) is 16.7 Å². The van der Waals surface area contributed by atoms with Crippen molar-refractivity contribution >= 4 is 17.1 Å². The van der Waals surface area contributed by atoms with E-state index in [9.17, 15) is 15.0 Å². The van der Waals surface area contributed by atoms with Crippen molar-refractivity contribution in [2.45, 2.75) is 31.0 Å². The molecule has 0 saturated carbocycles. The Hall–Kier alpha value is -2.41. The number of aliphatic hydroxyl groups is 2. The van der Waals surface area contributed by atoms with Crippen LogP contribution in [0.3, 0.4) is 0 Å². The molecule has 0 amide bonds. The number of aliphatic hydroxyl groups excluding tert-OH is 2. The van der Waals surface area contributed by atoms with E-state index >= 15 is 0 Å². The first-order valence-corrected chi connectivity index (χ1v) is 6.20. The van der Waals surface area contributed by atoms with E-state index in [1.807, 2.05) is 0 Å². The SMILES string of the molecule is C#CC[C@H]1O[C@@H](n2cnc3c(=O)[nH]c(N)nc32)[C@H](O)[C@@H]1O. The molecule has 0 aromatic carbocycles. The molecule has 9 nitrogen and oxygen atoms in total. The van der Waals surface area contributed by atoms with Crippen LogP contribution < -0.4 is 11.3 Å². The van der Waals surface area contributed by atoms with E-state index < -0.39 is 30.1 Å². The molecule has 0 bridgehead atoms. The average molecular weight is 291 g/mol. The van der Waals surface area contributed by atoms with Gasteiger partial charge in [0.05, 0.1) is 12.4 Å². The second-order valence-electron chi connectivity index (χ2n) is 4.73. The highest BCUT2D eigenvalue weighted by Gasteiger charge is 2.43. The molecule has 5 N–H and O–H groups in total. The lowest BCUT2D eigenvalue weighted by molar-refractivity contribution is -0.0332. The number of nitrogens with zero attached hydrogens (tertiary/aromatic N) is 3. The minimum Gasteiger partial charge on any atom is -0.387 e. The summed E-state index contributed by atoms with van der Waals surface area (Å²) in [5.41, 5.74) is 5.23. The largest absolute Gasteiger partial charge is 0.387 e. The number of hydrogen-bond donors (Lipinski definition) is 4. The lowest BCUT2D eigenvalue weighted by Gasteiger charge is -2.16. The number of nitrogens with two attached hydrogens (primary N) is 1. The predicted octanol–water partition coefficient (Wildman–Crippen LogP) is -1.66. The van der Waals surface area contributed by atoms with Crippen LogP contribution in [-0.4, -0.2) is 48.0 Å². The summed E-state index contributed by atoms with van der Waals surface area (Å²) in [7, 11) is 0. The number of ether oxygens (including phenoxy) is 1. The molecule has 1 aliphatic rings. The summed E-state index contributed by atoms with van der Waals surface area (Å²) in [5.74, 6) is 2.29. The number of terminal acetylenes is 1. The Morgan fingerprint density at radius 3 is 3.00 bits per heavy atom. The standard InChI is InChI=1S/C12H13N5O4/c1-2-3-5-7(18)8(19)11(21-5)17-4-14-6-9(17)15-12(13)16-10(6)20/h1,4-5,7-8,11,18-19H,3H2,(H3,13,15,16,20)/t5-,7-,8-,11-/m1/s1. The van der Waals surface area contributed by atoms with Crippen LogP contribution in [0.4, 0.5) is 5.95 Å². The third-order valence-electron chi connectivity index (χ3n) is 3.38. The second-order valence-corrected chi connectivity index (χ2v) is 4.73. The molecule has 2 aromatic heterocycles. The molecule has 0 unspecified atom stereocenters. The number of nitrogens with one attached hydrogen (secondary N) is 1. The molecule has 3 heterocycles. The Bertz CT molecular complexity index is 776. The number of aromatic nitrogens is 4. The maximum atomic E-state index is 11.7. The Kier molecular flexibility index (Phi) is 3.13. The van der Waals surface area contributed by atoms with E-state index in [1.54, 1.807) is 0 Å². The van der Waals surface area contributed by atoms with Crippen molar-refractivity contribution in [1.29, 1.82) is 0 Å². The maximum absolute atomic E-state index is 11.7. The third kappa shape index (κ3) is 2.06. The predicted molar refractivity (Wildman–Crippen MR) is 71.9 cm³/mol. The van der Waals surface area contributed by atoms with Gasteiger partial charge in [-0.3, -0.25) is 14.3 Å². The lowest BCUT2D eigenvalue weighted by atomic mass is 10.1. The minimum atomic E-state index is -1.22. The zero-order chi connectivity index (χ0) is 15.1. The Balaban J connectivity index is 2.06. The van der Waals surface area contributed by atoms with Crippen LogP contribution in [-0.2, 0) is 4.74 Å². The van der Waals surface area contributed by atoms with Crippen molar-refractivity contribution in [3.63, 3.8) is 0 Å². The first-order valence-electron chi connectivity index (χ1n) is 6.20. The highest BCUT2D eigenvalue weighted by Crippen LogP contribution is 2.32. The fourth-order valence-electron chi connectivity index (χ4n) is 2.37. The zero-order valence-corrected chi connectivity index (χ0v) is 10.8. The van der Waals surface area contributed by atoms with E-state index in [4.69, 9.17) is 16.9 Å². The number of H-pyrrole nitrogens is 1. The highest BCUT2D eigenvalue weighted by atomic mass is 16.6. The van der Waals surface area contributed by atoms with Gasteiger partial charge in [0.15, 0.2) is 17.4 Å². The van der Waals surface area contributed by atoms with E-state index in [2.05, 4.69) is 20.9 Å². The van der Waals surface area contributed by atoms with E-state index in [0.29, 0.717) is 0 Å². The molecular weight excluding hydrogens is 278 g/mol. The number of imidazole rings is 1. The molecular formula is C12H13N5O4. The van der Waals surface area contributed by atoms with Crippen LogP contribution in [0.15, 0.2) is 11.1 Å². The van der Waals surface area contributed by atoms with Gasteiger partial charge >= 0.3 is 0 Å². The minimum absolute atomic E-state index is 0.0647. The van der Waals surface area contributed by atoms with Gasteiger partial charge in [-0.2, -0.15) is 4.98 Å². The van der Waals surface area contributed by atoms with Crippen LogP contribution in [0, 0.1) is 12.3 Å². The van der Waals surface area contributed by atoms with E-state index in [-0.39, 0.29) is 23.5 Å². The van der Waals surface area contributed by atoms with Gasteiger partial charge in [0.25, 0.3) is 5.56 Å². The van der Waals surface area contributed by atoms with Gasteiger partial charge in [-0.1, -0.05) is 0 Å². The number of aromatic amines is 1. The van der Waals surface area contributed by atoms with Crippen molar-refractivity contribution in [3.8, 4) is 12.3 Å². The molecule has 3 rings (SSSR count). The number of hydrogen-bond acceptors (Lipinski definition) is 7. The lowest BCUT2D eigenvalue weighted by Crippen LogP contribution is -2.31. The molecule has 1 aliphatic heterocycles. The Labute approximate surface area is 118 Å². The van der Waals surface area contributed by atoms with E-state index in [0.717, 1.165) is 0 Å². The van der Waals surface area contributed by atoms with Crippen molar-refractivity contribution in [1.82, 2.24) is 19.5 Å². The molecule has 2 aromatic rings. The molecule has 1 fully saturated rings. The van der Waals surface area contributed by atoms with E-state index in [1.165, 1.54) is 10.9 Å². The first kappa shape index (κ1) is 13.6. The van der Waals surface area contributed by atoms with Crippen molar-refractivity contribution in [2.75, 3.05) is 5.73 Å². The fourth-order valence-corrected chi connectivity index (χ4v) is 2.37. The second kappa shape index (κ2) is 4.85. The maximum Gasteiger partial charge on any atom is 0.280 e. The normalized spacial score (nSPS) is 28.8. The van der Waals surface area contributed by atoms with Crippen LogP contribution in [0.25, 0.3) is 11.2 Å². The zero-order valence-electron chi connectivity index (χ0n) is 10.8. The highest BCUT2D eigenvalue weighted by molar-refractivity contribution is 5.70. The van der Waals surface area contributed by atoms with Gasteiger partial charge < -0.3 is 20.7 Å². The van der Waals surface area contributed by atoms with Crippen molar-refractivity contribution < 1.29 is 14.9 Å². The van der Waals surface area contributed by atoms with Crippen LogP contribution in [0.1, 0.15) is 12.6 Å². The first-order chi connectivity index (χ1) is 10.0. The molecule has 9 heteroatoms. The van der Waals surface area contributed by atoms with Crippen LogP contribution >= 0.6 is 0 Å². The summed E-state index contributed by atoms with van der Waals surface area (Å²) in [6.45, 7) is 0. The smallest absolute Gasteiger partial charge is 0.280 e. The molecule has 4 atom stereocenters. The number of nitrogen functional groups attached to an aromatic ring is 1. The number of anilines is 1. The molecule has 0 radical (unpaired) electrons. The average Bonchev–Trinajstić information content (AvgIpc) is 2.96. The summed E-state index contributed by atoms with van der Waals surface area (Å²) >= 11 is 0. The van der Waals surface area contributed by atoms with Gasteiger partial charge in [-0.05, 0) is 0 Å². The monoisotopic (exact) mass is 291 g/mol.